The minimum atomic E-state index is -1.05. The summed E-state index contributed by atoms with van der Waals surface area (Å²) in [5.74, 6) is 2.02. The third kappa shape index (κ3) is 7.46. The number of ether oxygens (including phenoxy) is 1. The molecule has 3 N–H and O–H groups in total. The second kappa shape index (κ2) is 10.8. The van der Waals surface area contributed by atoms with E-state index in [4.69, 9.17) is 4.74 Å². The van der Waals surface area contributed by atoms with E-state index in [0.717, 1.165) is 24.3 Å². The second-order valence-corrected chi connectivity index (χ2v) is 7.48. The van der Waals surface area contributed by atoms with Crippen LogP contribution >= 0.6 is 24.0 Å². The number of guanidine groups is 1. The molecule has 1 atom stereocenters. The van der Waals surface area contributed by atoms with Gasteiger partial charge in [-0.1, -0.05) is 6.07 Å². The molecule has 0 radical (unpaired) electrons. The molecule has 29 heavy (non-hydrogen) atoms. The number of pyridine rings is 1. The molecule has 0 aliphatic heterocycles. The first kappa shape index (κ1) is 23.4. The van der Waals surface area contributed by atoms with Crippen molar-refractivity contribution in [1.29, 1.82) is 0 Å². The summed E-state index contributed by atoms with van der Waals surface area (Å²) in [7, 11) is 1.83. The summed E-state index contributed by atoms with van der Waals surface area (Å²) in [4.78, 5) is 8.93. The van der Waals surface area contributed by atoms with Gasteiger partial charge in [0.25, 0.3) is 0 Å². The fourth-order valence-corrected chi connectivity index (χ4v) is 2.65. The number of aryl methyl sites for hydroxylation is 1. The zero-order valence-electron chi connectivity index (χ0n) is 17.3. The van der Waals surface area contributed by atoms with E-state index in [-0.39, 0.29) is 24.0 Å². The van der Waals surface area contributed by atoms with Crippen molar-refractivity contribution in [3.05, 3.63) is 41.9 Å². The molecule has 0 amide bonds. The second-order valence-electron chi connectivity index (χ2n) is 7.48. The number of rotatable bonds is 9. The van der Waals surface area contributed by atoms with Gasteiger partial charge >= 0.3 is 0 Å². The first-order valence-electron chi connectivity index (χ1n) is 9.77. The summed E-state index contributed by atoms with van der Waals surface area (Å²) in [6, 6.07) is 3.87. The maximum atomic E-state index is 10.7. The van der Waals surface area contributed by atoms with Gasteiger partial charge in [0.1, 0.15) is 5.60 Å². The van der Waals surface area contributed by atoms with Crippen molar-refractivity contribution in [3.8, 4) is 5.88 Å². The van der Waals surface area contributed by atoms with Gasteiger partial charge in [-0.3, -0.25) is 4.68 Å². The zero-order valence-corrected chi connectivity index (χ0v) is 19.6. The molecule has 0 spiro atoms. The van der Waals surface area contributed by atoms with Crippen LogP contribution in [0.3, 0.4) is 0 Å². The molecule has 2 aromatic heterocycles. The topological polar surface area (TPSA) is 96.6 Å². The molecule has 160 valence electrons. The SMILES string of the molecule is CCNC(=NCc1ccc(OCC2CC2)nc1)NCC(C)(O)c1cnn(C)c1.I. The average molecular weight is 514 g/mol. The Bertz CT molecular complexity index is 787. The molecule has 3 rings (SSSR count). The van der Waals surface area contributed by atoms with Crippen molar-refractivity contribution in [3.63, 3.8) is 0 Å². The molecular formula is C20H31IN6O2. The first-order chi connectivity index (χ1) is 13.5. The molecule has 0 bridgehead atoms. The van der Waals surface area contributed by atoms with Crippen molar-refractivity contribution in [2.75, 3.05) is 19.7 Å². The van der Waals surface area contributed by atoms with Crippen LogP contribution in [0.1, 0.15) is 37.8 Å². The Morgan fingerprint density at radius 1 is 1.34 bits per heavy atom. The van der Waals surface area contributed by atoms with E-state index in [0.29, 0.717) is 30.8 Å². The van der Waals surface area contributed by atoms with E-state index in [1.165, 1.54) is 12.8 Å². The number of nitrogens with zero attached hydrogens (tertiary/aromatic N) is 4. The molecule has 0 aromatic carbocycles. The van der Waals surface area contributed by atoms with Gasteiger partial charge in [0.05, 0.1) is 25.9 Å². The van der Waals surface area contributed by atoms with E-state index in [1.54, 1.807) is 24.0 Å². The monoisotopic (exact) mass is 514 g/mol. The predicted octanol–water partition coefficient (Wildman–Crippen LogP) is 2.18. The molecular weight excluding hydrogens is 483 g/mol. The van der Waals surface area contributed by atoms with E-state index < -0.39 is 5.60 Å². The highest BCUT2D eigenvalue weighted by Crippen LogP contribution is 2.29. The van der Waals surface area contributed by atoms with Crippen molar-refractivity contribution in [2.24, 2.45) is 18.0 Å². The highest BCUT2D eigenvalue weighted by molar-refractivity contribution is 14.0. The Balaban J connectivity index is 0.00000300. The van der Waals surface area contributed by atoms with Crippen LogP contribution in [-0.4, -0.2) is 45.5 Å². The van der Waals surface area contributed by atoms with Crippen LogP contribution in [0.2, 0.25) is 0 Å². The number of nitrogens with one attached hydrogen (secondary N) is 2. The fourth-order valence-electron chi connectivity index (χ4n) is 2.65. The third-order valence-electron chi connectivity index (χ3n) is 4.65. The van der Waals surface area contributed by atoms with Crippen LogP contribution in [0.25, 0.3) is 0 Å². The molecule has 1 unspecified atom stereocenters. The summed E-state index contributed by atoms with van der Waals surface area (Å²) < 4.78 is 7.34. The highest BCUT2D eigenvalue weighted by Gasteiger charge is 2.25. The van der Waals surface area contributed by atoms with Gasteiger partial charge in [-0.2, -0.15) is 5.10 Å². The Labute approximate surface area is 189 Å². The van der Waals surface area contributed by atoms with Crippen LogP contribution in [0.15, 0.2) is 35.7 Å². The lowest BCUT2D eigenvalue weighted by Crippen LogP contribution is -2.44. The number of hydrogen-bond acceptors (Lipinski definition) is 5. The lowest BCUT2D eigenvalue weighted by Gasteiger charge is -2.23. The number of aliphatic imine (C=N–C) groups is 1. The Morgan fingerprint density at radius 3 is 2.72 bits per heavy atom. The third-order valence-corrected chi connectivity index (χ3v) is 4.65. The summed E-state index contributed by atoms with van der Waals surface area (Å²) in [5, 5.41) is 21.2. The Hall–Kier alpha value is -1.88. The molecule has 9 heteroatoms. The summed E-state index contributed by atoms with van der Waals surface area (Å²) in [6.45, 7) is 6.05. The predicted molar refractivity (Wildman–Crippen MR) is 123 cm³/mol. The smallest absolute Gasteiger partial charge is 0.213 e. The standard InChI is InChI=1S/C20H30N6O2.HI/c1-4-21-19(24-14-20(2,27)17-11-25-26(3)12-17)23-10-16-7-8-18(22-9-16)28-13-15-5-6-15;/h7-9,11-12,15,27H,4-6,10,13-14H2,1-3H3,(H2,21,23,24);1H. The van der Waals surface area contributed by atoms with Crippen molar-refractivity contribution in [1.82, 2.24) is 25.4 Å². The van der Waals surface area contributed by atoms with Crippen molar-refractivity contribution in [2.45, 2.75) is 38.8 Å². The highest BCUT2D eigenvalue weighted by atomic mass is 127. The normalized spacial score (nSPS) is 15.9. The molecule has 1 fully saturated rings. The maximum absolute atomic E-state index is 10.7. The lowest BCUT2D eigenvalue weighted by atomic mass is 10.00. The van der Waals surface area contributed by atoms with Gasteiger partial charge in [0.15, 0.2) is 5.96 Å². The molecule has 8 nitrogen and oxygen atoms in total. The van der Waals surface area contributed by atoms with E-state index >= 15 is 0 Å². The average Bonchev–Trinajstić information content (AvgIpc) is 3.41. The molecule has 1 aliphatic rings. The minimum Gasteiger partial charge on any atom is -0.477 e. The van der Waals surface area contributed by atoms with Crippen LogP contribution in [0.5, 0.6) is 5.88 Å². The van der Waals surface area contributed by atoms with Crippen molar-refractivity contribution < 1.29 is 9.84 Å². The van der Waals surface area contributed by atoms with Gasteiger partial charge in [-0.05, 0) is 38.2 Å². The Morgan fingerprint density at radius 2 is 2.14 bits per heavy atom. The van der Waals surface area contributed by atoms with Gasteiger partial charge < -0.3 is 20.5 Å². The minimum absolute atomic E-state index is 0. The van der Waals surface area contributed by atoms with Crippen molar-refractivity contribution >= 4 is 29.9 Å². The lowest BCUT2D eigenvalue weighted by molar-refractivity contribution is 0.0616. The van der Waals surface area contributed by atoms with E-state index in [9.17, 15) is 5.11 Å². The molecule has 0 saturated heterocycles. The summed E-state index contributed by atoms with van der Waals surface area (Å²) >= 11 is 0. The zero-order chi connectivity index (χ0) is 20.0. The molecule has 1 aliphatic carbocycles. The Kier molecular flexibility index (Phi) is 8.69. The van der Waals surface area contributed by atoms with Crippen LogP contribution < -0.4 is 15.4 Å². The number of halogens is 1. The number of aliphatic hydroxyl groups is 1. The molecule has 2 aromatic rings. The van der Waals surface area contributed by atoms with Crippen LogP contribution in [0, 0.1) is 5.92 Å². The van der Waals surface area contributed by atoms with Gasteiger partial charge in [-0.15, -0.1) is 24.0 Å². The first-order valence-corrected chi connectivity index (χ1v) is 9.77. The van der Waals surface area contributed by atoms with Gasteiger partial charge in [0.2, 0.25) is 5.88 Å². The van der Waals surface area contributed by atoms with Crippen LogP contribution in [-0.2, 0) is 19.2 Å². The number of aromatic nitrogens is 3. The quantitative estimate of drug-likeness (QED) is 0.270. The van der Waals surface area contributed by atoms with Gasteiger partial charge in [0, 0.05) is 37.6 Å². The summed E-state index contributed by atoms with van der Waals surface area (Å²) in [6.07, 6.45) is 7.80. The largest absolute Gasteiger partial charge is 0.477 e. The summed E-state index contributed by atoms with van der Waals surface area (Å²) in [5.41, 5.74) is 0.700. The maximum Gasteiger partial charge on any atom is 0.213 e. The molecule has 2 heterocycles. The van der Waals surface area contributed by atoms with Crippen LogP contribution in [0.4, 0.5) is 0 Å². The van der Waals surface area contributed by atoms with E-state index in [1.807, 2.05) is 32.3 Å². The van der Waals surface area contributed by atoms with E-state index in [2.05, 4.69) is 25.7 Å². The number of hydrogen-bond donors (Lipinski definition) is 3. The molecule has 1 saturated carbocycles. The fraction of sp³-hybridized carbons (Fsp3) is 0.550. The van der Waals surface area contributed by atoms with Gasteiger partial charge in [-0.25, -0.2) is 9.98 Å².